The number of rotatable bonds is 2. The number of carbonyl (C=O) groups is 1. The molecule has 1 aliphatic rings. The van der Waals surface area contributed by atoms with Crippen molar-refractivity contribution in [2.75, 3.05) is 20.3 Å². The molecule has 5 heteroatoms. The van der Waals surface area contributed by atoms with E-state index in [4.69, 9.17) is 9.47 Å². The van der Waals surface area contributed by atoms with Crippen LogP contribution >= 0.6 is 0 Å². The Labute approximate surface area is 103 Å². The number of likely N-dealkylation sites (tertiary alicyclic amines) is 1. The molecule has 5 nitrogen and oxygen atoms in total. The van der Waals surface area contributed by atoms with Gasteiger partial charge in [0, 0.05) is 7.11 Å². The molecule has 0 spiro atoms. The summed E-state index contributed by atoms with van der Waals surface area (Å²) in [6, 6.07) is -0.00162. The molecule has 0 unspecified atom stereocenters. The van der Waals surface area contributed by atoms with E-state index in [2.05, 4.69) is 0 Å². The van der Waals surface area contributed by atoms with E-state index < -0.39 is 11.7 Å². The molecule has 1 heterocycles. The molecule has 2 atom stereocenters. The zero-order chi connectivity index (χ0) is 13.1. The van der Waals surface area contributed by atoms with Gasteiger partial charge in [0.2, 0.25) is 0 Å². The number of hydrogen-bond acceptors (Lipinski definition) is 4. The van der Waals surface area contributed by atoms with Gasteiger partial charge >= 0.3 is 6.09 Å². The smallest absolute Gasteiger partial charge is 0.410 e. The molecule has 0 bridgehead atoms. The largest absolute Gasteiger partial charge is 0.444 e. The molecule has 17 heavy (non-hydrogen) atoms. The quantitative estimate of drug-likeness (QED) is 0.798. The molecule has 0 aliphatic carbocycles. The van der Waals surface area contributed by atoms with Gasteiger partial charge in [0.05, 0.1) is 25.3 Å². The van der Waals surface area contributed by atoms with Crippen LogP contribution in [0.5, 0.6) is 0 Å². The topological polar surface area (TPSA) is 59.0 Å². The van der Waals surface area contributed by atoms with E-state index >= 15 is 0 Å². The van der Waals surface area contributed by atoms with Gasteiger partial charge in [-0.2, -0.15) is 0 Å². The van der Waals surface area contributed by atoms with E-state index in [1.807, 2.05) is 20.8 Å². The van der Waals surface area contributed by atoms with Crippen LogP contribution in [0.2, 0.25) is 0 Å². The Balaban J connectivity index is 2.65. The normalized spacial score (nSPS) is 25.8. The van der Waals surface area contributed by atoms with Crippen molar-refractivity contribution in [2.24, 2.45) is 0 Å². The summed E-state index contributed by atoms with van der Waals surface area (Å²) in [5.41, 5.74) is -0.517. The number of hydrogen-bond donors (Lipinski definition) is 1. The fourth-order valence-corrected chi connectivity index (χ4v) is 1.92. The highest BCUT2D eigenvalue weighted by molar-refractivity contribution is 5.68. The summed E-state index contributed by atoms with van der Waals surface area (Å²) in [6.07, 6.45) is 0.607. The van der Waals surface area contributed by atoms with E-state index in [9.17, 15) is 9.90 Å². The van der Waals surface area contributed by atoms with Crippen LogP contribution in [0.3, 0.4) is 0 Å². The Morgan fingerprint density at radius 3 is 2.59 bits per heavy atom. The Bertz CT molecular complexity index is 262. The molecule has 0 aromatic heterocycles. The SMILES string of the molecule is COC[C@@H]1CC[C@H](O)CN1C(=O)OC(C)(C)C. The summed E-state index contributed by atoms with van der Waals surface area (Å²) in [4.78, 5) is 13.6. The van der Waals surface area contributed by atoms with E-state index in [1.54, 1.807) is 12.0 Å². The maximum atomic E-state index is 12.0. The maximum absolute atomic E-state index is 12.0. The minimum Gasteiger partial charge on any atom is -0.444 e. The minimum absolute atomic E-state index is 0.00162. The van der Waals surface area contributed by atoms with Crippen molar-refractivity contribution in [2.45, 2.75) is 51.4 Å². The van der Waals surface area contributed by atoms with Crippen molar-refractivity contribution < 1.29 is 19.4 Å². The van der Waals surface area contributed by atoms with Crippen molar-refractivity contribution in [3.63, 3.8) is 0 Å². The molecular formula is C12H23NO4. The number of β-amino-alcohol motifs (C(OH)–C–C–N with tert-alkyl or cyclic N) is 1. The van der Waals surface area contributed by atoms with Gasteiger partial charge in [0.1, 0.15) is 5.60 Å². The molecule has 1 rings (SSSR count). The fraction of sp³-hybridized carbons (Fsp3) is 0.917. The highest BCUT2D eigenvalue weighted by Crippen LogP contribution is 2.20. The monoisotopic (exact) mass is 245 g/mol. The molecular weight excluding hydrogens is 222 g/mol. The lowest BCUT2D eigenvalue weighted by Crippen LogP contribution is -2.52. The zero-order valence-corrected chi connectivity index (χ0v) is 11.1. The van der Waals surface area contributed by atoms with Crippen LogP contribution in [-0.2, 0) is 9.47 Å². The van der Waals surface area contributed by atoms with Crippen molar-refractivity contribution in [3.8, 4) is 0 Å². The summed E-state index contributed by atoms with van der Waals surface area (Å²) < 4.78 is 10.4. The van der Waals surface area contributed by atoms with E-state index in [0.29, 0.717) is 19.6 Å². The number of aliphatic hydroxyl groups is 1. The Hall–Kier alpha value is -0.810. The highest BCUT2D eigenvalue weighted by Gasteiger charge is 2.33. The third-order valence-electron chi connectivity index (χ3n) is 2.67. The Kier molecular flexibility index (Phi) is 4.77. The average molecular weight is 245 g/mol. The Morgan fingerprint density at radius 1 is 1.41 bits per heavy atom. The van der Waals surface area contributed by atoms with Crippen LogP contribution in [0.25, 0.3) is 0 Å². The predicted molar refractivity (Wildman–Crippen MR) is 63.8 cm³/mol. The molecule has 0 aromatic rings. The summed E-state index contributed by atoms with van der Waals surface area (Å²) in [5.74, 6) is 0. The van der Waals surface area contributed by atoms with Gasteiger partial charge in [0.25, 0.3) is 0 Å². The van der Waals surface area contributed by atoms with Gasteiger partial charge in [0.15, 0.2) is 0 Å². The number of piperidine rings is 1. The minimum atomic E-state index is -0.517. The second-order valence-electron chi connectivity index (χ2n) is 5.47. The number of nitrogens with zero attached hydrogens (tertiary/aromatic N) is 1. The van der Waals surface area contributed by atoms with E-state index in [-0.39, 0.29) is 12.1 Å². The number of carbonyl (C=O) groups excluding carboxylic acids is 1. The average Bonchev–Trinajstić information content (AvgIpc) is 2.18. The van der Waals surface area contributed by atoms with Gasteiger partial charge in [-0.25, -0.2) is 4.79 Å². The lowest BCUT2D eigenvalue weighted by molar-refractivity contribution is -0.0264. The first-order chi connectivity index (χ1) is 7.83. The molecule has 1 saturated heterocycles. The van der Waals surface area contributed by atoms with Crippen molar-refractivity contribution in [1.82, 2.24) is 4.90 Å². The molecule has 1 amide bonds. The first kappa shape index (κ1) is 14.3. The van der Waals surface area contributed by atoms with Crippen LogP contribution < -0.4 is 0 Å². The van der Waals surface area contributed by atoms with Crippen LogP contribution in [0.1, 0.15) is 33.6 Å². The first-order valence-corrected chi connectivity index (χ1v) is 6.00. The van der Waals surface area contributed by atoms with Crippen LogP contribution in [0.15, 0.2) is 0 Å². The Morgan fingerprint density at radius 2 is 2.06 bits per heavy atom. The zero-order valence-electron chi connectivity index (χ0n) is 11.1. The number of ether oxygens (including phenoxy) is 2. The van der Waals surface area contributed by atoms with Gasteiger partial charge in [-0.3, -0.25) is 0 Å². The van der Waals surface area contributed by atoms with Crippen LogP contribution in [0.4, 0.5) is 4.79 Å². The number of aliphatic hydroxyl groups excluding tert-OH is 1. The highest BCUT2D eigenvalue weighted by atomic mass is 16.6. The van der Waals surface area contributed by atoms with Gasteiger partial charge in [-0.15, -0.1) is 0 Å². The van der Waals surface area contributed by atoms with Crippen molar-refractivity contribution in [3.05, 3.63) is 0 Å². The predicted octanol–water partition coefficient (Wildman–Crippen LogP) is 1.39. The standard InChI is InChI=1S/C12H23NO4/c1-12(2,3)17-11(15)13-7-10(14)6-5-9(13)8-16-4/h9-10,14H,5-8H2,1-4H3/t9-,10-/m0/s1. The summed E-state index contributed by atoms with van der Waals surface area (Å²) >= 11 is 0. The molecule has 100 valence electrons. The molecule has 1 N–H and O–H groups in total. The third-order valence-corrected chi connectivity index (χ3v) is 2.67. The lowest BCUT2D eigenvalue weighted by Gasteiger charge is -2.38. The fourth-order valence-electron chi connectivity index (χ4n) is 1.92. The number of methoxy groups -OCH3 is 1. The maximum Gasteiger partial charge on any atom is 0.410 e. The molecule has 0 radical (unpaired) electrons. The van der Waals surface area contributed by atoms with Crippen molar-refractivity contribution >= 4 is 6.09 Å². The first-order valence-electron chi connectivity index (χ1n) is 6.00. The lowest BCUT2D eigenvalue weighted by atomic mass is 10.0. The second-order valence-corrected chi connectivity index (χ2v) is 5.47. The van der Waals surface area contributed by atoms with E-state index in [0.717, 1.165) is 6.42 Å². The summed E-state index contributed by atoms with van der Waals surface area (Å²) in [5, 5.41) is 9.62. The van der Waals surface area contributed by atoms with Crippen LogP contribution in [0, 0.1) is 0 Å². The molecule has 0 saturated carbocycles. The second kappa shape index (κ2) is 5.69. The third kappa shape index (κ3) is 4.52. The van der Waals surface area contributed by atoms with E-state index in [1.165, 1.54) is 0 Å². The molecule has 1 aliphatic heterocycles. The van der Waals surface area contributed by atoms with Gasteiger partial charge < -0.3 is 19.5 Å². The van der Waals surface area contributed by atoms with Gasteiger partial charge in [-0.05, 0) is 33.6 Å². The van der Waals surface area contributed by atoms with Crippen LogP contribution in [-0.4, -0.2) is 54.1 Å². The summed E-state index contributed by atoms with van der Waals surface area (Å²) in [6.45, 7) is 6.29. The molecule has 1 fully saturated rings. The van der Waals surface area contributed by atoms with Gasteiger partial charge in [-0.1, -0.05) is 0 Å². The number of amides is 1. The van der Waals surface area contributed by atoms with Crippen molar-refractivity contribution in [1.29, 1.82) is 0 Å². The summed E-state index contributed by atoms with van der Waals surface area (Å²) in [7, 11) is 1.61. The molecule has 0 aromatic carbocycles.